The largest absolute Gasteiger partial charge is 0.494 e. The average molecular weight is 494 g/mol. The number of hydrogen-bond acceptors (Lipinski definition) is 7. The lowest BCUT2D eigenvalue weighted by Crippen LogP contribution is -2.40. The molecule has 1 fully saturated rings. The molecular weight excluding hydrogens is 460 g/mol. The number of nitrogens with zero attached hydrogens (tertiary/aromatic N) is 7. The van der Waals surface area contributed by atoms with E-state index in [0.29, 0.717) is 0 Å². The summed E-state index contributed by atoms with van der Waals surface area (Å²) in [4.78, 5) is 44.9. The molecule has 0 aliphatic carbocycles. The van der Waals surface area contributed by atoms with E-state index < -0.39 is 71.8 Å². The minimum absolute atomic E-state index is 0.0277. The maximum Gasteiger partial charge on any atom is 0.295 e. The second-order valence-corrected chi connectivity index (χ2v) is 7.11. The van der Waals surface area contributed by atoms with Crippen molar-refractivity contribution in [3.63, 3.8) is 0 Å². The summed E-state index contributed by atoms with van der Waals surface area (Å²) >= 11 is 0. The fourth-order valence-corrected chi connectivity index (χ4v) is 3.44. The Balaban J connectivity index is 1.66. The topological polar surface area (TPSA) is 123 Å². The van der Waals surface area contributed by atoms with Gasteiger partial charge in [-0.25, -0.2) is 19.5 Å². The zero-order chi connectivity index (χ0) is 34.9. The van der Waals surface area contributed by atoms with Crippen LogP contribution < -0.4 is 4.74 Å². The third-order valence-electron chi connectivity index (χ3n) is 5.07. The van der Waals surface area contributed by atoms with Crippen molar-refractivity contribution in [2.24, 2.45) is 0 Å². The molecule has 0 atom stereocenters. The summed E-state index contributed by atoms with van der Waals surface area (Å²) in [5.41, 5.74) is -2.85. The normalized spacial score (nSPS) is 23.9. The molecule has 1 aliphatic heterocycles. The number of H-pyrrole nitrogens is 1. The van der Waals surface area contributed by atoms with Crippen molar-refractivity contribution >= 4 is 28.3 Å². The number of likely N-dealkylation sites (tertiary alicyclic amines) is 1. The molecule has 5 heterocycles. The average Bonchev–Trinajstić information content (AvgIpc) is 3.67. The Labute approximate surface area is 221 Å². The van der Waals surface area contributed by atoms with Gasteiger partial charge in [0.05, 0.1) is 42.0 Å². The van der Waals surface area contributed by atoms with Crippen LogP contribution in [-0.2, 0) is 4.79 Å². The van der Waals surface area contributed by atoms with Gasteiger partial charge < -0.3 is 14.6 Å². The highest BCUT2D eigenvalue weighted by Crippen LogP contribution is 2.32. The molecule has 0 bridgehead atoms. The molecule has 1 saturated heterocycles. The molecule has 5 rings (SSSR count). The van der Waals surface area contributed by atoms with Crippen molar-refractivity contribution < 1.29 is 29.4 Å². The number of fused-ring (bicyclic) bond motifs is 1. The number of aromatic nitrogens is 6. The van der Waals surface area contributed by atoms with Crippen molar-refractivity contribution in [3.8, 4) is 11.6 Å². The number of pyridine rings is 2. The molecule has 0 radical (unpaired) electrons. The van der Waals surface area contributed by atoms with Gasteiger partial charge in [-0.2, -0.15) is 5.10 Å². The molecule has 4 aromatic rings. The Morgan fingerprint density at radius 3 is 2.75 bits per heavy atom. The number of nitrogens with one attached hydrogen (secondary N) is 1. The first-order chi connectivity index (χ1) is 21.7. The molecule has 11 nitrogen and oxygen atoms in total. The number of amides is 1. The fraction of sp³-hybridized carbons (Fsp3) is 0.240. The van der Waals surface area contributed by atoms with Gasteiger partial charge >= 0.3 is 0 Å². The predicted molar refractivity (Wildman–Crippen MR) is 130 cm³/mol. The molecule has 0 unspecified atom stereocenters. The quantitative estimate of drug-likeness (QED) is 0.258. The number of hydrogen-bond donors (Lipinski definition) is 1. The van der Waals surface area contributed by atoms with Gasteiger partial charge in [-0.05, 0) is 31.7 Å². The van der Waals surface area contributed by atoms with Crippen LogP contribution in [0.5, 0.6) is 5.75 Å². The predicted octanol–water partition coefficient (Wildman–Crippen LogP) is 2.99. The highest BCUT2D eigenvalue weighted by molar-refractivity contribution is 6.45. The number of ketones is 1. The fourth-order valence-electron chi connectivity index (χ4n) is 3.44. The van der Waals surface area contributed by atoms with Crippen LogP contribution in [0.4, 0.5) is 0 Å². The van der Waals surface area contributed by atoms with Gasteiger partial charge in [-0.3, -0.25) is 14.6 Å². The number of ether oxygens (including phenoxy) is 1. The second-order valence-electron chi connectivity index (χ2n) is 7.11. The van der Waals surface area contributed by atoms with E-state index in [9.17, 15) is 9.59 Å². The molecular formula is C25H22N8O3. The summed E-state index contributed by atoms with van der Waals surface area (Å²) in [7, 11) is 1.21. The number of aromatic amines is 1. The van der Waals surface area contributed by atoms with Crippen LogP contribution in [0.25, 0.3) is 27.3 Å². The lowest BCUT2D eigenvalue weighted by Gasteiger charge is -2.28. The molecule has 1 amide bonds. The van der Waals surface area contributed by atoms with Crippen LogP contribution >= 0.6 is 0 Å². The van der Waals surface area contributed by atoms with Crippen LogP contribution in [-0.4, -0.2) is 66.4 Å². The van der Waals surface area contributed by atoms with Gasteiger partial charge in [-0.1, -0.05) is 11.6 Å². The Bertz CT molecular complexity index is 1970. The van der Waals surface area contributed by atoms with Crippen LogP contribution in [0.1, 0.15) is 49.7 Å². The Morgan fingerprint density at radius 1 is 1.25 bits per heavy atom. The van der Waals surface area contributed by atoms with Gasteiger partial charge in [0.25, 0.3) is 11.7 Å². The van der Waals surface area contributed by atoms with E-state index in [2.05, 4.69) is 29.9 Å². The summed E-state index contributed by atoms with van der Waals surface area (Å²) in [5.74, 6) is -4.26. The molecule has 1 N–H and O–H groups in total. The van der Waals surface area contributed by atoms with Crippen molar-refractivity contribution in [1.29, 1.82) is 0 Å². The smallest absolute Gasteiger partial charge is 0.295 e. The standard InChI is InChI=1S/C25H22N8O3/c1-15-30-14-33(31-15)24-22-20(19(36-3)13-29-24)17(12-28-22)23(34)25(35)32-10-7-16(8-11-32)21(26-2)18-6-4-5-9-27-18/h4-6,9,12-14,28H,7-8,10-11H2,1,3H3/i1D3,7D2,8D2,10D2,11D2. The number of rotatable bonds is 5. The highest BCUT2D eigenvalue weighted by atomic mass is 16.5. The van der Waals surface area contributed by atoms with Crippen LogP contribution in [0.2, 0.25) is 0 Å². The highest BCUT2D eigenvalue weighted by Gasteiger charge is 2.30. The van der Waals surface area contributed by atoms with E-state index in [0.717, 1.165) is 23.4 Å². The molecule has 11 heteroatoms. The molecule has 36 heavy (non-hydrogen) atoms. The van der Waals surface area contributed by atoms with Crippen molar-refractivity contribution in [2.45, 2.75) is 19.6 Å². The lowest BCUT2D eigenvalue weighted by atomic mass is 9.99. The maximum absolute atomic E-state index is 13.8. The van der Waals surface area contributed by atoms with Gasteiger partial charge in [-0.15, -0.1) is 0 Å². The number of Topliss-reactive ketones (excluding diaryl/α,β-unsaturated/α-hetero) is 1. The lowest BCUT2D eigenvalue weighted by molar-refractivity contribution is -0.126. The summed E-state index contributed by atoms with van der Waals surface area (Å²) in [6, 6.07) is 4.10. The molecule has 4 aromatic heterocycles. The number of carbonyl (C=O) groups is 2. The van der Waals surface area contributed by atoms with Crippen LogP contribution in [0.15, 0.2) is 48.7 Å². The van der Waals surface area contributed by atoms with E-state index in [1.807, 2.05) is 0 Å². The van der Waals surface area contributed by atoms with Gasteiger partial charge in [0.1, 0.15) is 17.9 Å². The van der Waals surface area contributed by atoms with Crippen molar-refractivity contribution in [2.75, 3.05) is 20.1 Å². The summed E-state index contributed by atoms with van der Waals surface area (Å²) < 4.78 is 98.1. The SMILES string of the molecule is [2H]C([2H])([2H])c1ncn(-c2ncc(OC)c3c(C(=O)C(=O)N4C([2H])([2H])C([2H])([2H])C(=C([N+]#[C-])c5ccccn5)C([2H])([2H])C4([2H])[2H])c[nH]c23)n1. The van der Waals surface area contributed by atoms with E-state index in [4.69, 9.17) is 26.4 Å². The van der Waals surface area contributed by atoms with E-state index in [1.54, 1.807) is 0 Å². The first-order valence-corrected chi connectivity index (χ1v) is 10.1. The molecule has 1 aliphatic rings. The second kappa shape index (κ2) is 9.42. The van der Waals surface area contributed by atoms with Gasteiger partial charge in [0.15, 0.2) is 5.82 Å². The maximum atomic E-state index is 13.8. The molecule has 0 aromatic carbocycles. The van der Waals surface area contributed by atoms with Crippen molar-refractivity contribution in [1.82, 2.24) is 34.6 Å². The zero-order valence-electron chi connectivity index (χ0n) is 29.4. The molecule has 180 valence electrons. The summed E-state index contributed by atoms with van der Waals surface area (Å²) in [6.45, 7) is -2.53. The van der Waals surface area contributed by atoms with Crippen molar-refractivity contribution in [3.05, 3.63) is 77.2 Å². The minimum atomic E-state index is -3.75. The third-order valence-corrected chi connectivity index (χ3v) is 5.07. The molecule has 0 saturated carbocycles. The van der Waals surface area contributed by atoms with Crippen LogP contribution in [0.3, 0.4) is 0 Å². The van der Waals surface area contributed by atoms with Crippen LogP contribution in [0, 0.1) is 13.4 Å². The summed E-state index contributed by atoms with van der Waals surface area (Å²) in [5, 5.41) is 3.75. The third kappa shape index (κ3) is 3.98. The number of carbonyl (C=O) groups excluding carboxylic acids is 2. The van der Waals surface area contributed by atoms with E-state index >= 15 is 0 Å². The first kappa shape index (κ1) is 13.3. The Kier molecular flexibility index (Phi) is 3.48. The number of piperidine rings is 1. The Morgan fingerprint density at radius 2 is 2.08 bits per heavy atom. The number of methoxy groups -OCH3 is 1. The van der Waals surface area contributed by atoms with E-state index in [-0.39, 0.29) is 28.2 Å². The van der Waals surface area contributed by atoms with Gasteiger partial charge in [0, 0.05) is 40.5 Å². The first-order valence-electron chi connectivity index (χ1n) is 15.6. The number of aryl methyl sites for hydroxylation is 1. The summed E-state index contributed by atoms with van der Waals surface area (Å²) in [6.07, 6.45) is -2.78. The Hall–Kier alpha value is -4.85. The zero-order valence-corrected chi connectivity index (χ0v) is 18.4. The monoisotopic (exact) mass is 493 g/mol. The van der Waals surface area contributed by atoms with E-state index in [1.165, 1.54) is 31.5 Å². The minimum Gasteiger partial charge on any atom is -0.494 e. The van der Waals surface area contributed by atoms with Gasteiger partial charge in [0.2, 0.25) is 5.70 Å². The molecule has 0 spiro atoms.